The maximum Gasteiger partial charge on any atom is 0.0742 e. The summed E-state index contributed by atoms with van der Waals surface area (Å²) >= 11 is 0. The maximum absolute atomic E-state index is 9.40. The summed E-state index contributed by atoms with van der Waals surface area (Å²) in [5, 5.41) is 9.40. The van der Waals surface area contributed by atoms with Gasteiger partial charge in [0.05, 0.1) is 6.10 Å². The fourth-order valence-corrected chi connectivity index (χ4v) is 1.10. The fraction of sp³-hybridized carbons (Fsp3) is 1.00. The molecule has 62 valence electrons. The van der Waals surface area contributed by atoms with Gasteiger partial charge in [0.1, 0.15) is 0 Å². The second-order valence-electron chi connectivity index (χ2n) is 3.42. The maximum atomic E-state index is 9.40. The zero-order chi connectivity index (χ0) is 7.07. The first-order valence-corrected chi connectivity index (χ1v) is 3.53. The molecule has 1 unspecified atom stereocenters. The highest BCUT2D eigenvalue weighted by Crippen LogP contribution is 2.38. The van der Waals surface area contributed by atoms with Crippen LogP contribution in [-0.2, 0) is 0 Å². The van der Waals surface area contributed by atoms with Gasteiger partial charge in [-0.2, -0.15) is 0 Å². The minimum atomic E-state index is -0.294. The van der Waals surface area contributed by atoms with Crippen LogP contribution in [0.15, 0.2) is 0 Å². The number of hydrogen-bond acceptors (Lipinski definition) is 2. The van der Waals surface area contributed by atoms with Gasteiger partial charge in [0.25, 0.3) is 0 Å². The Kier molecular flexibility index (Phi) is 3.14. The summed E-state index contributed by atoms with van der Waals surface area (Å²) in [5.74, 6) is 0.303. The molecule has 0 heterocycles. The van der Waals surface area contributed by atoms with Crippen molar-refractivity contribution >= 4 is 12.4 Å². The molecule has 1 rings (SSSR count). The second kappa shape index (κ2) is 3.07. The Morgan fingerprint density at radius 3 is 1.90 bits per heavy atom. The van der Waals surface area contributed by atoms with E-state index in [1.54, 1.807) is 0 Å². The quantitative estimate of drug-likeness (QED) is 0.639. The van der Waals surface area contributed by atoms with Gasteiger partial charge in [-0.25, -0.2) is 0 Å². The summed E-state index contributed by atoms with van der Waals surface area (Å²) in [4.78, 5) is 0. The first-order chi connectivity index (χ1) is 4.06. The van der Waals surface area contributed by atoms with Crippen LogP contribution >= 0.6 is 12.4 Å². The third kappa shape index (κ3) is 1.84. The first kappa shape index (κ1) is 10.2. The van der Waals surface area contributed by atoms with Crippen LogP contribution in [0.1, 0.15) is 26.7 Å². The van der Waals surface area contributed by atoms with Crippen LogP contribution in [-0.4, -0.2) is 16.7 Å². The third-order valence-electron chi connectivity index (χ3n) is 2.05. The highest BCUT2D eigenvalue weighted by molar-refractivity contribution is 5.85. The summed E-state index contributed by atoms with van der Waals surface area (Å²) in [6, 6.07) is 0. The number of hydrogen-bond donors (Lipinski definition) is 2. The van der Waals surface area contributed by atoms with Gasteiger partial charge in [0, 0.05) is 5.54 Å². The van der Waals surface area contributed by atoms with Gasteiger partial charge in [-0.05, 0) is 18.8 Å². The number of rotatable bonds is 2. The van der Waals surface area contributed by atoms with Gasteiger partial charge in [-0.1, -0.05) is 13.8 Å². The predicted molar refractivity (Wildman–Crippen MR) is 44.2 cm³/mol. The Morgan fingerprint density at radius 2 is 1.80 bits per heavy atom. The zero-order valence-corrected chi connectivity index (χ0v) is 7.32. The Bertz CT molecular complexity index is 112. The van der Waals surface area contributed by atoms with Crippen molar-refractivity contribution in [2.75, 3.05) is 0 Å². The van der Waals surface area contributed by atoms with Gasteiger partial charge in [-0.15, -0.1) is 12.4 Å². The van der Waals surface area contributed by atoms with E-state index in [-0.39, 0.29) is 24.0 Å². The highest BCUT2D eigenvalue weighted by atomic mass is 35.5. The van der Waals surface area contributed by atoms with E-state index >= 15 is 0 Å². The van der Waals surface area contributed by atoms with Gasteiger partial charge in [0.2, 0.25) is 0 Å². The molecule has 0 radical (unpaired) electrons. The van der Waals surface area contributed by atoms with Gasteiger partial charge < -0.3 is 10.8 Å². The second-order valence-corrected chi connectivity index (χ2v) is 3.42. The van der Waals surface area contributed by atoms with E-state index in [9.17, 15) is 5.11 Å². The number of aliphatic hydroxyl groups excluding tert-OH is 1. The van der Waals surface area contributed by atoms with E-state index in [4.69, 9.17) is 5.73 Å². The minimum Gasteiger partial charge on any atom is -0.391 e. The van der Waals surface area contributed by atoms with Crippen LogP contribution in [0.3, 0.4) is 0 Å². The predicted octanol–water partition coefficient (Wildman–Crippen LogP) is 0.916. The Balaban J connectivity index is 0.000000810. The van der Waals surface area contributed by atoms with E-state index in [0.29, 0.717) is 5.92 Å². The number of halogens is 1. The number of nitrogens with two attached hydrogens (primary N) is 1. The SMILES string of the molecule is CC(C)C(O)C1(N)CC1.Cl. The Labute approximate surface area is 68.2 Å². The third-order valence-corrected chi connectivity index (χ3v) is 2.05. The normalized spacial score (nSPS) is 23.7. The summed E-state index contributed by atoms with van der Waals surface area (Å²) in [7, 11) is 0. The molecule has 3 heteroatoms. The van der Waals surface area contributed by atoms with E-state index in [0.717, 1.165) is 12.8 Å². The van der Waals surface area contributed by atoms with Gasteiger partial charge in [-0.3, -0.25) is 0 Å². The van der Waals surface area contributed by atoms with Crippen molar-refractivity contribution in [1.82, 2.24) is 0 Å². The summed E-state index contributed by atoms with van der Waals surface area (Å²) < 4.78 is 0. The first-order valence-electron chi connectivity index (χ1n) is 3.53. The van der Waals surface area contributed by atoms with Crippen molar-refractivity contribution in [1.29, 1.82) is 0 Å². The van der Waals surface area contributed by atoms with E-state index < -0.39 is 0 Å². The summed E-state index contributed by atoms with van der Waals surface area (Å²) in [5.41, 5.74) is 5.53. The molecule has 10 heavy (non-hydrogen) atoms. The lowest BCUT2D eigenvalue weighted by Crippen LogP contribution is -2.40. The molecule has 0 bridgehead atoms. The standard InChI is InChI=1S/C7H15NO.ClH/c1-5(2)6(9)7(8)3-4-7;/h5-6,9H,3-4,8H2,1-2H3;1H. The molecule has 0 amide bonds. The molecule has 0 aromatic heterocycles. The lowest BCUT2D eigenvalue weighted by molar-refractivity contribution is 0.0884. The van der Waals surface area contributed by atoms with Gasteiger partial charge >= 0.3 is 0 Å². The molecule has 1 saturated carbocycles. The molecular weight excluding hydrogens is 150 g/mol. The number of aliphatic hydroxyl groups is 1. The molecule has 3 N–H and O–H groups in total. The largest absolute Gasteiger partial charge is 0.391 e. The molecule has 0 saturated heterocycles. The lowest BCUT2D eigenvalue weighted by atomic mass is 9.99. The molecule has 1 aliphatic carbocycles. The summed E-state index contributed by atoms with van der Waals surface area (Å²) in [6.45, 7) is 4.00. The highest BCUT2D eigenvalue weighted by Gasteiger charge is 2.46. The molecular formula is C7H16ClNO. The van der Waals surface area contributed by atoms with Crippen LogP contribution in [0.4, 0.5) is 0 Å². The minimum absolute atomic E-state index is 0. The molecule has 0 aromatic rings. The smallest absolute Gasteiger partial charge is 0.0742 e. The molecule has 1 atom stereocenters. The van der Waals surface area contributed by atoms with Crippen molar-refractivity contribution in [2.24, 2.45) is 11.7 Å². The zero-order valence-electron chi connectivity index (χ0n) is 6.50. The lowest BCUT2D eigenvalue weighted by Gasteiger charge is -2.20. The molecule has 0 aliphatic heterocycles. The fourth-order valence-electron chi connectivity index (χ4n) is 1.10. The van der Waals surface area contributed by atoms with Crippen molar-refractivity contribution in [2.45, 2.75) is 38.3 Å². The van der Waals surface area contributed by atoms with E-state index in [1.807, 2.05) is 13.8 Å². The molecule has 2 nitrogen and oxygen atoms in total. The monoisotopic (exact) mass is 165 g/mol. The van der Waals surface area contributed by atoms with Crippen molar-refractivity contribution in [3.8, 4) is 0 Å². The molecule has 0 spiro atoms. The van der Waals surface area contributed by atoms with Crippen molar-refractivity contribution in [3.63, 3.8) is 0 Å². The molecule has 0 aromatic carbocycles. The Hall–Kier alpha value is 0.210. The van der Waals surface area contributed by atoms with Crippen LogP contribution in [0.5, 0.6) is 0 Å². The van der Waals surface area contributed by atoms with E-state index in [2.05, 4.69) is 0 Å². The van der Waals surface area contributed by atoms with Crippen LogP contribution in [0.25, 0.3) is 0 Å². The Morgan fingerprint density at radius 1 is 1.40 bits per heavy atom. The topological polar surface area (TPSA) is 46.2 Å². The molecule has 1 aliphatic rings. The van der Waals surface area contributed by atoms with E-state index in [1.165, 1.54) is 0 Å². The van der Waals surface area contributed by atoms with Crippen LogP contribution in [0, 0.1) is 5.92 Å². The van der Waals surface area contributed by atoms with Crippen LogP contribution < -0.4 is 5.73 Å². The average Bonchev–Trinajstić information content (AvgIpc) is 2.47. The molecule has 1 fully saturated rings. The average molecular weight is 166 g/mol. The van der Waals surface area contributed by atoms with Gasteiger partial charge in [0.15, 0.2) is 0 Å². The van der Waals surface area contributed by atoms with Crippen molar-refractivity contribution in [3.05, 3.63) is 0 Å². The summed E-state index contributed by atoms with van der Waals surface area (Å²) in [6.07, 6.45) is 1.69. The van der Waals surface area contributed by atoms with Crippen molar-refractivity contribution < 1.29 is 5.11 Å². The van der Waals surface area contributed by atoms with Crippen LogP contribution in [0.2, 0.25) is 0 Å².